The summed E-state index contributed by atoms with van der Waals surface area (Å²) < 4.78 is 5.88. The second-order valence-corrected chi connectivity index (χ2v) is 10.7. The number of benzene rings is 3. The van der Waals surface area contributed by atoms with E-state index in [0.29, 0.717) is 23.4 Å². The van der Waals surface area contributed by atoms with Crippen molar-refractivity contribution in [3.63, 3.8) is 0 Å². The first-order valence-corrected chi connectivity index (χ1v) is 13.9. The number of nitrogens with zero attached hydrogens (tertiary/aromatic N) is 2. The Morgan fingerprint density at radius 1 is 0.897 bits per heavy atom. The van der Waals surface area contributed by atoms with E-state index in [0.717, 1.165) is 63.8 Å². The minimum Gasteiger partial charge on any atom is -0.465 e. The van der Waals surface area contributed by atoms with Crippen LogP contribution >= 0.6 is 27.5 Å². The van der Waals surface area contributed by atoms with Crippen LogP contribution in [0.15, 0.2) is 71.3 Å². The van der Waals surface area contributed by atoms with Gasteiger partial charge in [0, 0.05) is 64.4 Å². The van der Waals surface area contributed by atoms with E-state index in [-0.39, 0.29) is 11.8 Å². The second-order valence-electron chi connectivity index (χ2n) is 9.39. The van der Waals surface area contributed by atoms with Crippen molar-refractivity contribution in [2.45, 2.75) is 25.7 Å². The molecule has 4 aromatic rings. The Balaban J connectivity index is 0.000000198. The van der Waals surface area contributed by atoms with Gasteiger partial charge in [0.2, 0.25) is 11.8 Å². The van der Waals surface area contributed by atoms with Crippen molar-refractivity contribution in [1.82, 2.24) is 4.98 Å². The molecule has 1 N–H and O–H groups in total. The number of carbonyl (C=O) groups excluding carboxylic acids is 3. The summed E-state index contributed by atoms with van der Waals surface area (Å²) in [5.74, 6) is 0.00184. The third kappa shape index (κ3) is 5.72. The number of nitrogens with one attached hydrogen (secondary N) is 1. The first-order chi connectivity index (χ1) is 18.9. The number of anilines is 2. The first kappa shape index (κ1) is 27.0. The first-order valence-electron chi connectivity index (χ1n) is 12.7. The lowest BCUT2D eigenvalue weighted by Gasteiger charge is -2.16. The molecule has 3 aromatic carbocycles. The van der Waals surface area contributed by atoms with Gasteiger partial charge >= 0.3 is 5.97 Å². The highest BCUT2D eigenvalue weighted by molar-refractivity contribution is 9.10. The Hall–Kier alpha value is -3.62. The van der Waals surface area contributed by atoms with Crippen LogP contribution in [0.2, 0.25) is 5.02 Å². The Bertz CT molecular complexity index is 1530. The number of rotatable bonds is 4. The highest BCUT2D eigenvalue weighted by Crippen LogP contribution is 2.35. The molecule has 0 aliphatic carbocycles. The minimum atomic E-state index is -0.396. The summed E-state index contributed by atoms with van der Waals surface area (Å²) in [6.45, 7) is 1.62. The average molecular weight is 609 g/mol. The lowest BCUT2D eigenvalue weighted by Crippen LogP contribution is -2.23. The molecule has 3 heterocycles. The van der Waals surface area contributed by atoms with Crippen molar-refractivity contribution in [3.05, 3.63) is 81.9 Å². The molecule has 39 heavy (non-hydrogen) atoms. The van der Waals surface area contributed by atoms with Gasteiger partial charge in [0.25, 0.3) is 0 Å². The smallest absolute Gasteiger partial charge is 0.340 e. The van der Waals surface area contributed by atoms with Crippen LogP contribution < -0.4 is 9.80 Å². The zero-order chi connectivity index (χ0) is 27.5. The van der Waals surface area contributed by atoms with Crippen molar-refractivity contribution in [2.75, 3.05) is 30.0 Å². The predicted octanol–water partition coefficient (Wildman–Crippen LogP) is 6.98. The van der Waals surface area contributed by atoms with Crippen molar-refractivity contribution < 1.29 is 19.1 Å². The molecule has 2 amide bonds. The summed E-state index contributed by atoms with van der Waals surface area (Å²) in [5.41, 5.74) is 4.89. The quantitative estimate of drug-likeness (QED) is 0.254. The number of amides is 2. The van der Waals surface area contributed by atoms with Gasteiger partial charge in [-0.15, -0.1) is 0 Å². The number of fused-ring (bicyclic) bond motifs is 1. The molecule has 6 rings (SSSR count). The van der Waals surface area contributed by atoms with Gasteiger partial charge in [-0.05, 0) is 66.9 Å². The molecule has 9 heteroatoms. The Kier molecular flexibility index (Phi) is 8.04. The highest BCUT2D eigenvalue weighted by atomic mass is 79.9. The van der Waals surface area contributed by atoms with Crippen LogP contribution in [0.4, 0.5) is 11.4 Å². The number of hydrogen-bond donors (Lipinski definition) is 1. The monoisotopic (exact) mass is 607 g/mol. The van der Waals surface area contributed by atoms with E-state index in [1.807, 2.05) is 59.5 Å². The van der Waals surface area contributed by atoms with Crippen molar-refractivity contribution in [3.8, 4) is 11.1 Å². The van der Waals surface area contributed by atoms with Gasteiger partial charge in [-0.25, -0.2) is 4.79 Å². The maximum atomic E-state index is 11.9. The average Bonchev–Trinajstić information content (AvgIpc) is 3.68. The SMILES string of the molecule is COC(=O)c1c[nH]c2cc(Cl)c(-c3ccc(N4CCCC4=O)cc3)cc12.O=C1CCCN1c1ccc(Br)cc1. The number of hydrogen-bond acceptors (Lipinski definition) is 4. The van der Waals surface area contributed by atoms with Gasteiger partial charge < -0.3 is 19.5 Å². The van der Waals surface area contributed by atoms with Crippen molar-refractivity contribution in [1.29, 1.82) is 0 Å². The lowest BCUT2D eigenvalue weighted by atomic mass is 10.0. The summed E-state index contributed by atoms with van der Waals surface area (Å²) in [5, 5.41) is 1.34. The fraction of sp³-hybridized carbons (Fsp3) is 0.233. The highest BCUT2D eigenvalue weighted by Gasteiger charge is 2.22. The fourth-order valence-corrected chi connectivity index (χ4v) is 5.46. The van der Waals surface area contributed by atoms with Gasteiger partial charge in [0.1, 0.15) is 0 Å². The van der Waals surface area contributed by atoms with Crippen molar-refractivity contribution in [2.24, 2.45) is 0 Å². The van der Waals surface area contributed by atoms with Crippen LogP contribution in [0.5, 0.6) is 0 Å². The molecule has 2 fully saturated rings. The Morgan fingerprint density at radius 3 is 1.97 bits per heavy atom. The molecule has 7 nitrogen and oxygen atoms in total. The van der Waals surface area contributed by atoms with E-state index in [4.69, 9.17) is 16.3 Å². The number of H-pyrrole nitrogens is 1. The number of aromatic nitrogens is 1. The summed E-state index contributed by atoms with van der Waals surface area (Å²) in [6, 6.07) is 19.3. The minimum absolute atomic E-state index is 0.159. The molecular weight excluding hydrogens is 582 g/mol. The largest absolute Gasteiger partial charge is 0.465 e. The number of carbonyl (C=O) groups is 3. The molecule has 0 radical (unpaired) electrons. The summed E-state index contributed by atoms with van der Waals surface area (Å²) >= 11 is 9.82. The zero-order valence-electron chi connectivity index (χ0n) is 21.4. The molecule has 200 valence electrons. The fourth-order valence-electron chi connectivity index (χ4n) is 4.93. The molecule has 0 spiro atoms. The number of esters is 1. The van der Waals surface area contributed by atoms with Gasteiger partial charge in [0.05, 0.1) is 17.7 Å². The number of aromatic amines is 1. The van der Waals surface area contributed by atoms with E-state index in [1.54, 1.807) is 17.2 Å². The van der Waals surface area contributed by atoms with Gasteiger partial charge in [-0.3, -0.25) is 9.59 Å². The van der Waals surface area contributed by atoms with Crippen LogP contribution in [0.25, 0.3) is 22.0 Å². The van der Waals surface area contributed by atoms with Crippen LogP contribution in [0.1, 0.15) is 36.0 Å². The van der Waals surface area contributed by atoms with Crippen LogP contribution in [-0.2, 0) is 14.3 Å². The zero-order valence-corrected chi connectivity index (χ0v) is 23.7. The van der Waals surface area contributed by atoms with Gasteiger partial charge in [0.15, 0.2) is 0 Å². The lowest BCUT2D eigenvalue weighted by molar-refractivity contribution is -0.117. The molecule has 2 aliphatic heterocycles. The normalized spacial score (nSPS) is 15.1. The summed E-state index contributed by atoms with van der Waals surface area (Å²) in [4.78, 5) is 41.9. The third-order valence-corrected chi connectivity index (χ3v) is 7.79. The Morgan fingerprint density at radius 2 is 1.46 bits per heavy atom. The Labute approximate surface area is 239 Å². The van der Waals surface area contributed by atoms with Crippen LogP contribution in [-0.4, -0.2) is 43.0 Å². The summed E-state index contributed by atoms with van der Waals surface area (Å²) in [6.07, 6.45) is 4.80. The molecule has 2 saturated heterocycles. The maximum absolute atomic E-state index is 11.9. The number of ether oxygens (including phenoxy) is 1. The molecule has 2 aliphatic rings. The standard InChI is InChI=1S/C20H17ClN2O3.C10H10BrNO/c1-26-20(25)16-11-22-18-10-17(21)14(9-15(16)18)12-4-6-13(7-5-12)23-8-2-3-19(23)24;11-8-3-5-9(6-4-8)12-7-1-2-10(12)13/h4-7,9-11,22H,2-3,8H2,1H3;3-6H,1-2,7H2. The van der Waals surface area contributed by atoms with E-state index < -0.39 is 5.97 Å². The van der Waals surface area contributed by atoms with Crippen LogP contribution in [0.3, 0.4) is 0 Å². The summed E-state index contributed by atoms with van der Waals surface area (Å²) in [7, 11) is 1.36. The molecule has 0 atom stereocenters. The van der Waals surface area contributed by atoms with E-state index in [9.17, 15) is 14.4 Å². The van der Waals surface area contributed by atoms with Gasteiger partial charge in [-0.2, -0.15) is 0 Å². The van der Waals surface area contributed by atoms with Crippen molar-refractivity contribution >= 4 is 67.6 Å². The molecule has 0 unspecified atom stereocenters. The van der Waals surface area contributed by atoms with Crippen LogP contribution in [0, 0.1) is 0 Å². The third-order valence-electron chi connectivity index (χ3n) is 6.95. The van der Waals surface area contributed by atoms with E-state index in [2.05, 4.69) is 20.9 Å². The molecule has 0 bridgehead atoms. The van der Waals surface area contributed by atoms with E-state index >= 15 is 0 Å². The topological polar surface area (TPSA) is 82.7 Å². The predicted molar refractivity (Wildman–Crippen MR) is 157 cm³/mol. The maximum Gasteiger partial charge on any atom is 0.340 e. The number of methoxy groups -OCH3 is 1. The van der Waals surface area contributed by atoms with Gasteiger partial charge in [-0.1, -0.05) is 39.7 Å². The molecule has 1 aromatic heterocycles. The molecular formula is C30H27BrClN3O4. The number of halogens is 2. The molecule has 0 saturated carbocycles. The van der Waals surface area contributed by atoms with E-state index in [1.165, 1.54) is 7.11 Å². The second kappa shape index (κ2) is 11.6.